The van der Waals surface area contributed by atoms with Crippen LogP contribution in [-0.4, -0.2) is 42.8 Å². The van der Waals surface area contributed by atoms with Gasteiger partial charge in [-0.25, -0.2) is 0 Å². The average Bonchev–Trinajstić information content (AvgIpc) is 2.41. The Hall–Kier alpha value is -0.610. The van der Waals surface area contributed by atoms with Gasteiger partial charge in [0.2, 0.25) is 0 Å². The second-order valence-electron chi connectivity index (χ2n) is 5.46. The summed E-state index contributed by atoms with van der Waals surface area (Å²) >= 11 is 6.18. The second kappa shape index (κ2) is 6.71. The van der Waals surface area contributed by atoms with E-state index in [0.29, 0.717) is 6.04 Å². The molecule has 3 nitrogen and oxygen atoms in total. The van der Waals surface area contributed by atoms with Crippen molar-refractivity contribution in [2.24, 2.45) is 5.73 Å². The fourth-order valence-corrected chi connectivity index (χ4v) is 2.69. The molecule has 1 aliphatic rings. The highest BCUT2D eigenvalue weighted by atomic mass is 35.5. The van der Waals surface area contributed by atoms with Gasteiger partial charge in [-0.15, -0.1) is 0 Å². The Bertz CT molecular complexity index is 411. The Kier molecular flexibility index (Phi) is 5.22. The van der Waals surface area contributed by atoms with Gasteiger partial charge in [-0.05, 0) is 31.9 Å². The Morgan fingerprint density at radius 2 is 2.16 bits per heavy atom. The fraction of sp³-hybridized carbons (Fsp3) is 0.600. The van der Waals surface area contributed by atoms with Gasteiger partial charge in [0.1, 0.15) is 0 Å². The zero-order valence-electron chi connectivity index (χ0n) is 11.7. The van der Waals surface area contributed by atoms with Crippen LogP contribution in [0.25, 0.3) is 0 Å². The first-order valence-electron chi connectivity index (χ1n) is 6.92. The standard InChI is InChI=1S/C15H23ClN2O/c1-11(2)18-7-8-19-15(10-18)14(17)9-12-5-3-4-6-13(12)16/h3-6,11,14-15H,7-10,17H2,1-2H3. The summed E-state index contributed by atoms with van der Waals surface area (Å²) in [5.41, 5.74) is 7.40. The molecule has 2 rings (SSSR count). The first-order chi connectivity index (χ1) is 9.08. The van der Waals surface area contributed by atoms with E-state index in [1.54, 1.807) is 0 Å². The number of hydrogen-bond acceptors (Lipinski definition) is 3. The molecule has 2 atom stereocenters. The van der Waals surface area contributed by atoms with Crippen LogP contribution in [0.3, 0.4) is 0 Å². The van der Waals surface area contributed by atoms with Gasteiger partial charge in [0.25, 0.3) is 0 Å². The van der Waals surface area contributed by atoms with Gasteiger partial charge in [0, 0.05) is 30.2 Å². The number of benzene rings is 1. The molecule has 1 aliphatic heterocycles. The number of morpholine rings is 1. The van der Waals surface area contributed by atoms with E-state index < -0.39 is 0 Å². The van der Waals surface area contributed by atoms with Crippen LogP contribution in [0.5, 0.6) is 0 Å². The van der Waals surface area contributed by atoms with Crippen molar-refractivity contribution in [1.29, 1.82) is 0 Å². The van der Waals surface area contributed by atoms with Crippen LogP contribution < -0.4 is 5.73 Å². The van der Waals surface area contributed by atoms with Crippen molar-refractivity contribution in [3.63, 3.8) is 0 Å². The molecule has 19 heavy (non-hydrogen) atoms. The summed E-state index contributed by atoms with van der Waals surface area (Å²) in [5, 5.41) is 0.787. The summed E-state index contributed by atoms with van der Waals surface area (Å²) in [7, 11) is 0. The summed E-state index contributed by atoms with van der Waals surface area (Å²) in [6.07, 6.45) is 0.850. The van der Waals surface area contributed by atoms with Crippen molar-refractivity contribution in [2.45, 2.75) is 38.5 Å². The molecule has 1 heterocycles. The predicted molar refractivity (Wildman–Crippen MR) is 79.6 cm³/mol. The maximum Gasteiger partial charge on any atom is 0.0856 e. The lowest BCUT2D eigenvalue weighted by Gasteiger charge is -2.38. The van der Waals surface area contributed by atoms with Crippen LogP contribution in [0.15, 0.2) is 24.3 Å². The van der Waals surface area contributed by atoms with E-state index in [4.69, 9.17) is 22.1 Å². The van der Waals surface area contributed by atoms with Gasteiger partial charge < -0.3 is 10.5 Å². The molecule has 0 bridgehead atoms. The van der Waals surface area contributed by atoms with Gasteiger partial charge >= 0.3 is 0 Å². The van der Waals surface area contributed by atoms with E-state index in [9.17, 15) is 0 Å². The van der Waals surface area contributed by atoms with Crippen LogP contribution in [0.1, 0.15) is 19.4 Å². The lowest BCUT2D eigenvalue weighted by Crippen LogP contribution is -2.53. The average molecular weight is 283 g/mol. The molecule has 1 fully saturated rings. The van der Waals surface area contributed by atoms with Crippen LogP contribution in [0.4, 0.5) is 0 Å². The summed E-state index contributed by atoms with van der Waals surface area (Å²) in [5.74, 6) is 0. The van der Waals surface area contributed by atoms with Gasteiger partial charge in [-0.2, -0.15) is 0 Å². The number of halogens is 1. The SMILES string of the molecule is CC(C)N1CCOC(C(N)Cc2ccccc2Cl)C1. The minimum absolute atomic E-state index is 0.0125. The lowest BCUT2D eigenvalue weighted by molar-refractivity contribution is -0.0495. The summed E-state index contributed by atoms with van der Waals surface area (Å²) < 4.78 is 5.82. The monoisotopic (exact) mass is 282 g/mol. The maximum atomic E-state index is 6.30. The molecule has 1 aromatic rings. The van der Waals surface area contributed by atoms with Crippen LogP contribution >= 0.6 is 11.6 Å². The molecule has 0 spiro atoms. The number of nitrogens with zero attached hydrogens (tertiary/aromatic N) is 1. The van der Waals surface area contributed by atoms with E-state index >= 15 is 0 Å². The molecule has 0 saturated carbocycles. The molecule has 0 aromatic heterocycles. The topological polar surface area (TPSA) is 38.5 Å². The van der Waals surface area contributed by atoms with Crippen molar-refractivity contribution >= 4 is 11.6 Å². The lowest BCUT2D eigenvalue weighted by atomic mass is 10.0. The van der Waals surface area contributed by atoms with Gasteiger partial charge in [-0.1, -0.05) is 29.8 Å². The minimum atomic E-state index is -0.0125. The molecule has 0 radical (unpaired) electrons. The number of nitrogens with two attached hydrogens (primary N) is 1. The van der Waals surface area contributed by atoms with Crippen LogP contribution in [0, 0.1) is 0 Å². The second-order valence-corrected chi connectivity index (χ2v) is 5.86. The molecule has 0 aliphatic carbocycles. The van der Waals surface area contributed by atoms with E-state index in [2.05, 4.69) is 18.7 Å². The molecule has 4 heteroatoms. The Labute approximate surface area is 120 Å². The van der Waals surface area contributed by atoms with Gasteiger partial charge in [0.05, 0.1) is 12.7 Å². The van der Waals surface area contributed by atoms with Crippen molar-refractivity contribution in [3.05, 3.63) is 34.9 Å². The van der Waals surface area contributed by atoms with E-state index in [1.165, 1.54) is 0 Å². The molecule has 2 N–H and O–H groups in total. The zero-order valence-corrected chi connectivity index (χ0v) is 12.4. The quantitative estimate of drug-likeness (QED) is 0.921. The molecule has 0 amide bonds. The highest BCUT2D eigenvalue weighted by molar-refractivity contribution is 6.31. The van der Waals surface area contributed by atoms with Crippen molar-refractivity contribution < 1.29 is 4.74 Å². The van der Waals surface area contributed by atoms with Crippen LogP contribution in [-0.2, 0) is 11.2 Å². The molecule has 2 unspecified atom stereocenters. The third-order valence-electron chi connectivity index (χ3n) is 3.75. The van der Waals surface area contributed by atoms with E-state index in [-0.39, 0.29) is 12.1 Å². The number of rotatable bonds is 4. The highest BCUT2D eigenvalue weighted by Crippen LogP contribution is 2.19. The molecule has 1 aromatic carbocycles. The third-order valence-corrected chi connectivity index (χ3v) is 4.11. The molecule has 106 valence electrons. The van der Waals surface area contributed by atoms with Crippen molar-refractivity contribution in [3.8, 4) is 0 Å². The zero-order chi connectivity index (χ0) is 13.8. The van der Waals surface area contributed by atoms with Crippen LogP contribution in [0.2, 0.25) is 5.02 Å². The normalized spacial score (nSPS) is 22.7. The predicted octanol–water partition coefficient (Wildman–Crippen LogP) is 2.32. The van der Waals surface area contributed by atoms with Gasteiger partial charge in [-0.3, -0.25) is 4.90 Å². The summed E-state index contributed by atoms with van der Waals surface area (Å²) in [6.45, 7) is 7.08. The van der Waals surface area contributed by atoms with Crippen molar-refractivity contribution in [1.82, 2.24) is 4.90 Å². The first kappa shape index (κ1) is 14.8. The summed E-state index contributed by atoms with van der Waals surface area (Å²) in [6, 6.07) is 8.41. The Balaban J connectivity index is 1.96. The Morgan fingerprint density at radius 3 is 2.84 bits per heavy atom. The first-order valence-corrected chi connectivity index (χ1v) is 7.30. The Morgan fingerprint density at radius 1 is 1.42 bits per heavy atom. The number of ether oxygens (including phenoxy) is 1. The van der Waals surface area contributed by atoms with E-state index in [1.807, 2.05) is 24.3 Å². The molecule has 1 saturated heterocycles. The van der Waals surface area contributed by atoms with Crippen molar-refractivity contribution in [2.75, 3.05) is 19.7 Å². The fourth-order valence-electron chi connectivity index (χ4n) is 2.47. The smallest absolute Gasteiger partial charge is 0.0856 e. The third kappa shape index (κ3) is 3.93. The summed E-state index contributed by atoms with van der Waals surface area (Å²) in [4.78, 5) is 2.42. The van der Waals surface area contributed by atoms with Gasteiger partial charge in [0.15, 0.2) is 0 Å². The largest absolute Gasteiger partial charge is 0.374 e. The molecular weight excluding hydrogens is 260 g/mol. The number of hydrogen-bond donors (Lipinski definition) is 1. The minimum Gasteiger partial charge on any atom is -0.374 e. The van der Waals surface area contributed by atoms with E-state index in [0.717, 1.165) is 36.7 Å². The molecular formula is C15H23ClN2O. The highest BCUT2D eigenvalue weighted by Gasteiger charge is 2.27. The maximum absolute atomic E-state index is 6.30.